The van der Waals surface area contributed by atoms with Crippen LogP contribution in [-0.2, 0) is 6.54 Å². The van der Waals surface area contributed by atoms with Gasteiger partial charge >= 0.3 is 0 Å². The third kappa shape index (κ3) is 2.76. The Labute approximate surface area is 101 Å². The molecule has 0 aliphatic carbocycles. The minimum absolute atomic E-state index is 0.112. The number of nitro groups is 1. The molecule has 0 aliphatic heterocycles. The number of hydrogen-bond donors (Lipinski definition) is 1. The smallest absolute Gasteiger partial charge is 0.274 e. The van der Waals surface area contributed by atoms with Gasteiger partial charge in [0.1, 0.15) is 5.01 Å². The summed E-state index contributed by atoms with van der Waals surface area (Å²) in [5.41, 5.74) is 0.742. The Morgan fingerprint density at radius 3 is 2.82 bits per heavy atom. The second-order valence-electron chi connectivity index (χ2n) is 3.37. The zero-order valence-electron chi connectivity index (χ0n) is 9.08. The normalized spacial score (nSPS) is 10.2. The van der Waals surface area contributed by atoms with E-state index in [9.17, 15) is 10.1 Å². The van der Waals surface area contributed by atoms with Crippen molar-refractivity contribution in [1.82, 2.24) is 10.2 Å². The predicted molar refractivity (Wildman–Crippen MR) is 65.1 cm³/mol. The Morgan fingerprint density at radius 2 is 2.18 bits per heavy atom. The van der Waals surface area contributed by atoms with Gasteiger partial charge in [0.05, 0.1) is 4.92 Å². The Morgan fingerprint density at radius 1 is 1.41 bits per heavy atom. The zero-order valence-corrected chi connectivity index (χ0v) is 9.90. The Balaban J connectivity index is 2.11. The topological polar surface area (TPSA) is 81.0 Å². The van der Waals surface area contributed by atoms with E-state index >= 15 is 0 Å². The van der Waals surface area contributed by atoms with Crippen LogP contribution in [0.15, 0.2) is 24.3 Å². The summed E-state index contributed by atoms with van der Waals surface area (Å²) in [4.78, 5) is 10.4. The van der Waals surface area contributed by atoms with E-state index in [-0.39, 0.29) is 10.6 Å². The number of benzene rings is 1. The van der Waals surface area contributed by atoms with Crippen LogP contribution in [0.3, 0.4) is 0 Å². The van der Waals surface area contributed by atoms with Gasteiger partial charge in [-0.1, -0.05) is 29.5 Å². The lowest BCUT2D eigenvalue weighted by molar-refractivity contribution is -0.385. The van der Waals surface area contributed by atoms with E-state index in [1.165, 1.54) is 17.4 Å². The molecule has 1 aromatic carbocycles. The SMILES string of the molecule is Cc1nnc(NCc2ccccc2[N+](=O)[O-])s1. The van der Waals surface area contributed by atoms with Crippen LogP contribution < -0.4 is 5.32 Å². The molecule has 2 rings (SSSR count). The first-order valence-electron chi connectivity index (χ1n) is 4.93. The molecule has 88 valence electrons. The van der Waals surface area contributed by atoms with E-state index < -0.39 is 0 Å². The van der Waals surface area contributed by atoms with Gasteiger partial charge in [-0.15, -0.1) is 10.2 Å². The highest BCUT2D eigenvalue weighted by molar-refractivity contribution is 7.15. The van der Waals surface area contributed by atoms with Crippen LogP contribution in [0.4, 0.5) is 10.8 Å². The summed E-state index contributed by atoms with van der Waals surface area (Å²) in [5, 5.41) is 23.1. The van der Waals surface area contributed by atoms with Crippen molar-refractivity contribution in [3.05, 3.63) is 45.0 Å². The van der Waals surface area contributed by atoms with Crippen LogP contribution in [-0.4, -0.2) is 15.1 Å². The van der Waals surface area contributed by atoms with E-state index in [0.29, 0.717) is 17.2 Å². The zero-order chi connectivity index (χ0) is 12.3. The van der Waals surface area contributed by atoms with Crippen molar-refractivity contribution in [2.24, 2.45) is 0 Å². The van der Waals surface area contributed by atoms with Gasteiger partial charge in [0, 0.05) is 18.2 Å². The second kappa shape index (κ2) is 4.88. The van der Waals surface area contributed by atoms with Crippen molar-refractivity contribution in [3.8, 4) is 0 Å². The summed E-state index contributed by atoms with van der Waals surface area (Å²) < 4.78 is 0. The summed E-state index contributed by atoms with van der Waals surface area (Å²) in [6.45, 7) is 2.22. The van der Waals surface area contributed by atoms with Crippen LogP contribution in [0.5, 0.6) is 0 Å². The van der Waals surface area contributed by atoms with Gasteiger partial charge in [-0.05, 0) is 6.92 Å². The van der Waals surface area contributed by atoms with Crippen LogP contribution in [0, 0.1) is 17.0 Å². The number of nitro benzene ring substituents is 1. The van der Waals surface area contributed by atoms with Crippen molar-refractivity contribution < 1.29 is 4.92 Å². The Bertz CT molecular complexity index is 541. The highest BCUT2D eigenvalue weighted by Crippen LogP contribution is 2.20. The third-order valence-electron chi connectivity index (χ3n) is 2.14. The Hall–Kier alpha value is -2.02. The molecular weight excluding hydrogens is 240 g/mol. The monoisotopic (exact) mass is 250 g/mol. The average Bonchev–Trinajstić information content (AvgIpc) is 2.73. The first-order chi connectivity index (χ1) is 8.16. The largest absolute Gasteiger partial charge is 0.356 e. The molecular formula is C10H10N4O2S. The van der Waals surface area contributed by atoms with Crippen LogP contribution in [0.1, 0.15) is 10.6 Å². The maximum absolute atomic E-state index is 10.8. The van der Waals surface area contributed by atoms with Crippen molar-refractivity contribution in [3.63, 3.8) is 0 Å². The first-order valence-corrected chi connectivity index (χ1v) is 5.75. The van der Waals surface area contributed by atoms with E-state index in [1.807, 2.05) is 6.92 Å². The molecule has 0 bridgehead atoms. The molecule has 0 saturated heterocycles. The standard InChI is InChI=1S/C10H10N4O2S/c1-7-12-13-10(17-7)11-6-8-4-2-3-5-9(8)14(15)16/h2-5H,6H2,1H3,(H,11,13). The number of aryl methyl sites for hydroxylation is 1. The van der Waals surface area contributed by atoms with Crippen molar-refractivity contribution in [2.45, 2.75) is 13.5 Å². The fraction of sp³-hybridized carbons (Fsp3) is 0.200. The predicted octanol–water partition coefficient (Wildman–Crippen LogP) is 2.37. The van der Waals surface area contributed by atoms with Crippen LogP contribution >= 0.6 is 11.3 Å². The molecule has 0 unspecified atom stereocenters. The summed E-state index contributed by atoms with van der Waals surface area (Å²) in [5.74, 6) is 0. The van der Waals surface area contributed by atoms with E-state index in [0.717, 1.165) is 5.01 Å². The van der Waals surface area contributed by atoms with Crippen molar-refractivity contribution in [1.29, 1.82) is 0 Å². The number of aromatic nitrogens is 2. The third-order valence-corrected chi connectivity index (χ3v) is 2.94. The first kappa shape index (κ1) is 11.5. The molecule has 1 N–H and O–H groups in total. The van der Waals surface area contributed by atoms with Crippen molar-refractivity contribution >= 4 is 22.2 Å². The van der Waals surface area contributed by atoms with E-state index in [4.69, 9.17) is 0 Å². The number of anilines is 1. The molecule has 0 spiro atoms. The summed E-state index contributed by atoms with van der Waals surface area (Å²) >= 11 is 1.42. The lowest BCUT2D eigenvalue weighted by Crippen LogP contribution is -2.02. The van der Waals surface area contributed by atoms with Crippen molar-refractivity contribution in [2.75, 3.05) is 5.32 Å². The maximum Gasteiger partial charge on any atom is 0.274 e. The van der Waals surface area contributed by atoms with E-state index in [1.54, 1.807) is 18.2 Å². The molecule has 17 heavy (non-hydrogen) atoms. The van der Waals surface area contributed by atoms with Gasteiger partial charge in [-0.2, -0.15) is 0 Å². The molecule has 0 amide bonds. The summed E-state index contributed by atoms with van der Waals surface area (Å²) in [7, 11) is 0. The molecule has 0 atom stereocenters. The fourth-order valence-corrected chi connectivity index (χ4v) is 1.96. The number of hydrogen-bond acceptors (Lipinski definition) is 6. The molecule has 0 aliphatic rings. The minimum atomic E-state index is -0.387. The highest BCUT2D eigenvalue weighted by Gasteiger charge is 2.12. The molecule has 0 radical (unpaired) electrons. The van der Waals surface area contributed by atoms with Gasteiger partial charge in [0.25, 0.3) is 5.69 Å². The molecule has 1 aromatic heterocycles. The molecule has 6 nitrogen and oxygen atoms in total. The van der Waals surface area contributed by atoms with Gasteiger partial charge in [0.15, 0.2) is 0 Å². The molecule has 7 heteroatoms. The molecule has 0 fully saturated rings. The number of nitrogens with zero attached hydrogens (tertiary/aromatic N) is 3. The summed E-state index contributed by atoms with van der Waals surface area (Å²) in [6.07, 6.45) is 0. The van der Waals surface area contributed by atoms with Gasteiger partial charge in [-0.3, -0.25) is 10.1 Å². The molecule has 2 aromatic rings. The average molecular weight is 250 g/mol. The summed E-state index contributed by atoms with van der Waals surface area (Å²) in [6, 6.07) is 6.63. The van der Waals surface area contributed by atoms with Gasteiger partial charge in [-0.25, -0.2) is 0 Å². The molecule has 0 saturated carbocycles. The lowest BCUT2D eigenvalue weighted by atomic mass is 10.2. The van der Waals surface area contributed by atoms with Crippen LogP contribution in [0.2, 0.25) is 0 Å². The highest BCUT2D eigenvalue weighted by atomic mass is 32.1. The maximum atomic E-state index is 10.8. The number of rotatable bonds is 4. The van der Waals surface area contributed by atoms with Crippen LogP contribution in [0.25, 0.3) is 0 Å². The van der Waals surface area contributed by atoms with E-state index in [2.05, 4.69) is 15.5 Å². The van der Waals surface area contributed by atoms with Gasteiger partial charge < -0.3 is 5.32 Å². The molecule has 1 heterocycles. The number of para-hydroxylation sites is 1. The second-order valence-corrected chi connectivity index (χ2v) is 4.55. The minimum Gasteiger partial charge on any atom is -0.356 e. The lowest BCUT2D eigenvalue weighted by Gasteiger charge is -2.02. The quantitative estimate of drug-likeness (QED) is 0.665. The fourth-order valence-electron chi connectivity index (χ4n) is 1.38. The number of nitrogens with one attached hydrogen (secondary N) is 1. The Kier molecular flexibility index (Phi) is 3.29. The van der Waals surface area contributed by atoms with Gasteiger partial charge in [0.2, 0.25) is 5.13 Å².